The molecule has 1 aliphatic heterocycles. The molecule has 1 aliphatic rings. The van der Waals surface area contributed by atoms with Crippen LogP contribution in [0.3, 0.4) is 0 Å². The molecule has 1 aromatic rings. The molecule has 0 bridgehead atoms. The average molecular weight is 381 g/mol. The lowest BCUT2D eigenvalue weighted by atomic mass is 10.4. The van der Waals surface area contributed by atoms with Crippen LogP contribution in [0.1, 0.15) is 20.3 Å². The molecule has 1 fully saturated rings. The maximum absolute atomic E-state index is 12.5. The smallest absolute Gasteiger partial charge is 0.229 e. The Morgan fingerprint density at radius 2 is 1.74 bits per heavy atom. The monoisotopic (exact) mass is 381 g/mol. The fraction of sp³-hybridized carbons (Fsp3) is 0.538. The van der Waals surface area contributed by atoms with Gasteiger partial charge >= 0.3 is 0 Å². The fourth-order valence-corrected chi connectivity index (χ4v) is 8.17. The van der Waals surface area contributed by atoms with Crippen LogP contribution in [-0.4, -0.2) is 48.1 Å². The van der Waals surface area contributed by atoms with Gasteiger partial charge in [0.25, 0.3) is 0 Å². The van der Waals surface area contributed by atoms with Gasteiger partial charge in [0.05, 0.1) is 26.5 Å². The molecular formula is C13H19NO6S3. The van der Waals surface area contributed by atoms with Gasteiger partial charge in [-0.2, -0.15) is 0 Å². The van der Waals surface area contributed by atoms with E-state index in [0.29, 0.717) is 0 Å². The first-order valence-corrected chi connectivity index (χ1v) is 11.9. The zero-order valence-corrected chi connectivity index (χ0v) is 15.2. The van der Waals surface area contributed by atoms with Gasteiger partial charge in [-0.05, 0) is 38.5 Å². The number of hydrogen-bond acceptors (Lipinski definition) is 6. The van der Waals surface area contributed by atoms with Crippen molar-refractivity contribution in [2.45, 2.75) is 41.4 Å². The van der Waals surface area contributed by atoms with Crippen LogP contribution >= 0.6 is 0 Å². The largest absolute Gasteiger partial charge is 0.240 e. The van der Waals surface area contributed by atoms with Crippen LogP contribution in [0.4, 0.5) is 0 Å². The van der Waals surface area contributed by atoms with E-state index in [4.69, 9.17) is 0 Å². The van der Waals surface area contributed by atoms with Gasteiger partial charge in [0.2, 0.25) is 10.0 Å². The second-order valence-electron chi connectivity index (χ2n) is 5.82. The summed E-state index contributed by atoms with van der Waals surface area (Å²) in [6.45, 7) is 3.31. The number of sulfonamides is 1. The van der Waals surface area contributed by atoms with Gasteiger partial charge in [-0.15, -0.1) is 0 Å². The van der Waals surface area contributed by atoms with E-state index in [1.165, 1.54) is 18.2 Å². The standard InChI is InChI=1S/C13H19NO6S3/c1-10(2)14-23(19,20)12-5-3-4-11(8-12)22(17,18)13-6-7-21(15,16)9-13/h3-5,8,10,13-14H,6-7,9H2,1-2H3/t13-/m0/s1. The molecule has 23 heavy (non-hydrogen) atoms. The normalized spacial score (nSPS) is 21.6. The molecule has 0 aromatic heterocycles. The van der Waals surface area contributed by atoms with E-state index in [9.17, 15) is 25.3 Å². The van der Waals surface area contributed by atoms with Crippen LogP contribution in [0.25, 0.3) is 0 Å². The zero-order chi connectivity index (χ0) is 17.5. The van der Waals surface area contributed by atoms with Crippen LogP contribution in [0.15, 0.2) is 34.1 Å². The minimum absolute atomic E-state index is 0.0336. The average Bonchev–Trinajstić information content (AvgIpc) is 2.78. The first kappa shape index (κ1) is 18.4. The highest BCUT2D eigenvalue weighted by molar-refractivity contribution is 7.96. The van der Waals surface area contributed by atoms with Crippen molar-refractivity contribution in [3.8, 4) is 0 Å². The fourth-order valence-electron chi connectivity index (χ4n) is 2.39. The lowest BCUT2D eigenvalue weighted by molar-refractivity contribution is 0.569. The third-order valence-corrected chi connectivity index (χ3v) is 9.29. The number of nitrogens with one attached hydrogen (secondary N) is 1. The first-order valence-electron chi connectivity index (χ1n) is 7.01. The van der Waals surface area contributed by atoms with Crippen molar-refractivity contribution in [2.75, 3.05) is 11.5 Å². The van der Waals surface area contributed by atoms with Gasteiger partial charge in [0, 0.05) is 6.04 Å². The molecule has 1 heterocycles. The third kappa shape index (κ3) is 4.11. The molecule has 1 atom stereocenters. The molecule has 0 unspecified atom stereocenters. The SMILES string of the molecule is CC(C)NS(=O)(=O)c1cccc(S(=O)(=O)[C@H]2CCS(=O)(=O)C2)c1. The molecule has 1 aromatic carbocycles. The van der Waals surface area contributed by atoms with Gasteiger partial charge < -0.3 is 0 Å². The molecule has 0 radical (unpaired) electrons. The molecule has 2 rings (SSSR count). The number of rotatable bonds is 5. The van der Waals surface area contributed by atoms with Crippen LogP contribution in [-0.2, 0) is 29.7 Å². The maximum atomic E-state index is 12.5. The molecule has 10 heteroatoms. The maximum Gasteiger partial charge on any atom is 0.240 e. The summed E-state index contributed by atoms with van der Waals surface area (Å²) in [5.74, 6) is -0.583. The summed E-state index contributed by atoms with van der Waals surface area (Å²) in [5.41, 5.74) is 0. The summed E-state index contributed by atoms with van der Waals surface area (Å²) in [6.07, 6.45) is 0.0336. The Morgan fingerprint density at radius 1 is 1.13 bits per heavy atom. The summed E-state index contributed by atoms with van der Waals surface area (Å²) in [5, 5.41) is -1.02. The van der Waals surface area contributed by atoms with Crippen molar-refractivity contribution in [2.24, 2.45) is 0 Å². The molecule has 0 amide bonds. The lowest BCUT2D eigenvalue weighted by Crippen LogP contribution is -2.30. The van der Waals surface area contributed by atoms with Crippen molar-refractivity contribution in [3.05, 3.63) is 24.3 Å². The van der Waals surface area contributed by atoms with Gasteiger partial charge in [-0.1, -0.05) is 6.07 Å². The van der Waals surface area contributed by atoms with Gasteiger partial charge in [-0.25, -0.2) is 30.0 Å². The van der Waals surface area contributed by atoms with E-state index in [0.717, 1.165) is 6.07 Å². The minimum Gasteiger partial charge on any atom is -0.229 e. The highest BCUT2D eigenvalue weighted by Gasteiger charge is 2.38. The quantitative estimate of drug-likeness (QED) is 0.786. The van der Waals surface area contributed by atoms with E-state index in [1.807, 2.05) is 0 Å². The van der Waals surface area contributed by atoms with Crippen molar-refractivity contribution < 1.29 is 25.3 Å². The number of hydrogen-bond donors (Lipinski definition) is 1. The third-order valence-electron chi connectivity index (χ3n) is 3.46. The number of benzene rings is 1. The Morgan fingerprint density at radius 3 is 2.26 bits per heavy atom. The van der Waals surface area contributed by atoms with E-state index in [1.54, 1.807) is 13.8 Å². The molecule has 1 saturated heterocycles. The Bertz CT molecular complexity index is 901. The lowest BCUT2D eigenvalue weighted by Gasteiger charge is -2.13. The van der Waals surface area contributed by atoms with Gasteiger partial charge in [0.1, 0.15) is 0 Å². The summed E-state index contributed by atoms with van der Waals surface area (Å²) < 4.78 is 74.7. The molecule has 1 N–H and O–H groups in total. The Labute approximate surface area is 137 Å². The second-order valence-corrected chi connectivity index (χ2v) is 12.0. The molecule has 0 spiro atoms. The second kappa shape index (κ2) is 6.15. The predicted molar refractivity (Wildman–Crippen MR) is 86.1 cm³/mol. The van der Waals surface area contributed by atoms with E-state index < -0.39 is 40.7 Å². The summed E-state index contributed by atoms with van der Waals surface area (Å²) in [7, 11) is -11.1. The highest BCUT2D eigenvalue weighted by Crippen LogP contribution is 2.26. The molecule has 7 nitrogen and oxygen atoms in total. The summed E-state index contributed by atoms with van der Waals surface area (Å²) >= 11 is 0. The molecular weight excluding hydrogens is 362 g/mol. The summed E-state index contributed by atoms with van der Waals surface area (Å²) in [6, 6.07) is 4.67. The zero-order valence-electron chi connectivity index (χ0n) is 12.8. The topological polar surface area (TPSA) is 114 Å². The Kier molecular flexibility index (Phi) is 4.91. The minimum atomic E-state index is -3.89. The van der Waals surface area contributed by atoms with Crippen molar-refractivity contribution in [1.29, 1.82) is 0 Å². The Hall–Kier alpha value is -0.970. The number of sulfone groups is 2. The van der Waals surface area contributed by atoms with Crippen molar-refractivity contribution >= 4 is 29.7 Å². The van der Waals surface area contributed by atoms with Gasteiger partial charge in [-0.3, -0.25) is 0 Å². The highest BCUT2D eigenvalue weighted by atomic mass is 32.2. The Balaban J connectivity index is 2.40. The van der Waals surface area contributed by atoms with Crippen LogP contribution in [0.5, 0.6) is 0 Å². The van der Waals surface area contributed by atoms with E-state index in [-0.39, 0.29) is 28.0 Å². The van der Waals surface area contributed by atoms with E-state index >= 15 is 0 Å². The van der Waals surface area contributed by atoms with Crippen molar-refractivity contribution in [3.63, 3.8) is 0 Å². The van der Waals surface area contributed by atoms with Crippen LogP contribution in [0.2, 0.25) is 0 Å². The van der Waals surface area contributed by atoms with Crippen LogP contribution < -0.4 is 4.72 Å². The van der Waals surface area contributed by atoms with Crippen LogP contribution in [0, 0.1) is 0 Å². The first-order chi connectivity index (χ1) is 10.4. The van der Waals surface area contributed by atoms with Crippen molar-refractivity contribution in [1.82, 2.24) is 4.72 Å². The van der Waals surface area contributed by atoms with E-state index in [2.05, 4.69) is 4.72 Å². The predicted octanol–water partition coefficient (Wildman–Crippen LogP) is 0.334. The molecule has 0 aliphatic carbocycles. The molecule has 130 valence electrons. The van der Waals surface area contributed by atoms with Gasteiger partial charge in [0.15, 0.2) is 19.7 Å². The molecule has 0 saturated carbocycles. The summed E-state index contributed by atoms with van der Waals surface area (Å²) in [4.78, 5) is -0.334.